The van der Waals surface area contributed by atoms with Crippen molar-refractivity contribution in [1.29, 1.82) is 0 Å². The zero-order valence-corrected chi connectivity index (χ0v) is 20.0. The van der Waals surface area contributed by atoms with E-state index < -0.39 is 32.2 Å². The summed E-state index contributed by atoms with van der Waals surface area (Å²) >= 11 is 0. The number of benzene rings is 2. The minimum atomic E-state index is -4.31. The second kappa shape index (κ2) is 9.80. The Labute approximate surface area is 205 Å². The van der Waals surface area contributed by atoms with Gasteiger partial charge in [0.25, 0.3) is 0 Å². The molecule has 0 spiro atoms. The van der Waals surface area contributed by atoms with Gasteiger partial charge in [0.05, 0.1) is 0 Å². The van der Waals surface area contributed by atoms with Crippen LogP contribution in [0.4, 0.5) is 11.4 Å². The predicted octanol–water partition coefficient (Wildman–Crippen LogP) is 3.34. The van der Waals surface area contributed by atoms with Gasteiger partial charge in [-0.1, -0.05) is 60.7 Å². The molecule has 0 heterocycles. The minimum Gasteiger partial charge on any atom is -0.399 e. The molecule has 184 valence electrons. The van der Waals surface area contributed by atoms with Gasteiger partial charge in [-0.2, -0.15) is 0 Å². The average Bonchev–Trinajstić information content (AvgIpc) is 2.82. The van der Waals surface area contributed by atoms with Crippen molar-refractivity contribution in [3.05, 3.63) is 108 Å². The first-order valence-corrected chi connectivity index (χ1v) is 12.8. The number of ether oxygens (including phenoxy) is 2. The Kier molecular flexibility index (Phi) is 6.98. The Morgan fingerprint density at radius 1 is 0.714 bits per heavy atom. The van der Waals surface area contributed by atoms with E-state index in [0.717, 1.165) is 0 Å². The highest BCUT2D eigenvalue weighted by atomic mass is 32.2. The van der Waals surface area contributed by atoms with Gasteiger partial charge in [-0.15, -0.1) is 0 Å². The van der Waals surface area contributed by atoms with Gasteiger partial charge in [0.1, 0.15) is 11.4 Å². The third-order valence-corrected chi connectivity index (χ3v) is 7.67. The van der Waals surface area contributed by atoms with Gasteiger partial charge in [0.2, 0.25) is 9.84 Å². The van der Waals surface area contributed by atoms with Gasteiger partial charge < -0.3 is 20.9 Å². The number of sulfone groups is 1. The summed E-state index contributed by atoms with van der Waals surface area (Å²) in [7, 11) is -4.31. The molecular weight excluding hydrogens is 464 g/mol. The fourth-order valence-electron chi connectivity index (χ4n) is 3.98. The second-order valence-corrected chi connectivity index (χ2v) is 10.8. The molecule has 2 aromatic rings. The van der Waals surface area contributed by atoms with Crippen LogP contribution in [0.25, 0.3) is 0 Å². The molecule has 4 rings (SSSR count). The van der Waals surface area contributed by atoms with Crippen molar-refractivity contribution < 1.29 is 17.9 Å². The lowest BCUT2D eigenvalue weighted by molar-refractivity contribution is -0.0427. The summed E-state index contributed by atoms with van der Waals surface area (Å²) in [5, 5.41) is 0. The lowest BCUT2D eigenvalue weighted by atomic mass is 10.1. The molecule has 0 aromatic heterocycles. The summed E-state index contributed by atoms with van der Waals surface area (Å²) < 4.78 is 41.0. The molecule has 0 fully saturated rings. The third kappa shape index (κ3) is 5.72. The van der Waals surface area contributed by atoms with Gasteiger partial charge in [0.15, 0.2) is 10.9 Å². The topological polar surface area (TPSA) is 157 Å². The quantitative estimate of drug-likeness (QED) is 0.321. The van der Waals surface area contributed by atoms with Gasteiger partial charge in [0, 0.05) is 24.2 Å². The fourth-order valence-corrected chi connectivity index (χ4v) is 5.88. The van der Waals surface area contributed by atoms with E-state index in [9.17, 15) is 8.42 Å². The maximum absolute atomic E-state index is 14.4. The number of anilines is 2. The van der Waals surface area contributed by atoms with E-state index in [1.54, 1.807) is 72.8 Å². The highest BCUT2D eigenvalue weighted by Crippen LogP contribution is 2.41. The molecule has 8 N–H and O–H groups in total. The second-order valence-electron chi connectivity index (χ2n) is 8.72. The molecule has 0 saturated heterocycles. The Bertz CT molecular complexity index is 1210. The number of allylic oxidation sites excluding steroid dienone is 4. The molecule has 2 aromatic carbocycles. The van der Waals surface area contributed by atoms with Crippen LogP contribution >= 0.6 is 0 Å². The SMILES string of the molecule is Nc1cccc(C(OC2(N)C=CC=CC2)S(=O)(=O)C(OC2(N)C=CC=CC2)c2cccc(N)c2)c1. The highest BCUT2D eigenvalue weighted by Gasteiger charge is 2.44. The van der Waals surface area contributed by atoms with Crippen molar-refractivity contribution in [2.24, 2.45) is 11.5 Å². The van der Waals surface area contributed by atoms with Gasteiger partial charge in [-0.25, -0.2) is 8.42 Å². The van der Waals surface area contributed by atoms with Crippen LogP contribution in [-0.2, 0) is 19.3 Å². The van der Waals surface area contributed by atoms with Crippen LogP contribution in [0.5, 0.6) is 0 Å². The highest BCUT2D eigenvalue weighted by molar-refractivity contribution is 7.91. The van der Waals surface area contributed by atoms with E-state index in [2.05, 4.69) is 0 Å². The molecule has 35 heavy (non-hydrogen) atoms. The molecule has 2 aliphatic carbocycles. The molecule has 8 nitrogen and oxygen atoms in total. The lowest BCUT2D eigenvalue weighted by Crippen LogP contribution is -2.46. The summed E-state index contributed by atoms with van der Waals surface area (Å²) in [4.78, 5) is 0. The van der Waals surface area contributed by atoms with Crippen molar-refractivity contribution >= 4 is 21.2 Å². The van der Waals surface area contributed by atoms with E-state index in [1.807, 2.05) is 24.3 Å². The van der Waals surface area contributed by atoms with E-state index in [4.69, 9.17) is 32.4 Å². The Balaban J connectivity index is 1.83. The third-order valence-electron chi connectivity index (χ3n) is 5.74. The standard InChI is InChI=1S/C26H30N4O4S/c27-21-11-7-9-19(17-21)23(33-25(29)13-3-1-4-14-25)35(31,32)24(20-10-8-12-22(28)18-20)34-26(30)15-5-2-6-16-26/h1-13,15,17-18,23-24H,14,16,27-30H2. The summed E-state index contributed by atoms with van der Waals surface area (Å²) in [6.07, 6.45) is 14.5. The van der Waals surface area contributed by atoms with Gasteiger partial charge in [-0.05, 0) is 47.5 Å². The van der Waals surface area contributed by atoms with E-state index in [0.29, 0.717) is 22.5 Å². The van der Waals surface area contributed by atoms with Crippen LogP contribution < -0.4 is 22.9 Å². The maximum atomic E-state index is 14.4. The summed E-state index contributed by atoms with van der Waals surface area (Å²) in [5.74, 6) is 0. The summed E-state index contributed by atoms with van der Waals surface area (Å²) in [6, 6.07) is 13.0. The first-order valence-electron chi connectivity index (χ1n) is 11.2. The number of hydrogen-bond donors (Lipinski definition) is 4. The van der Waals surface area contributed by atoms with Crippen molar-refractivity contribution in [2.75, 3.05) is 11.5 Å². The zero-order chi connectivity index (χ0) is 25.1. The lowest BCUT2D eigenvalue weighted by Gasteiger charge is -2.36. The predicted molar refractivity (Wildman–Crippen MR) is 138 cm³/mol. The first-order chi connectivity index (χ1) is 16.6. The van der Waals surface area contributed by atoms with Crippen LogP contribution in [0.3, 0.4) is 0 Å². The smallest absolute Gasteiger partial charge is 0.212 e. The number of nitrogens with two attached hydrogens (primary N) is 4. The van der Waals surface area contributed by atoms with Crippen LogP contribution in [0.15, 0.2) is 97.1 Å². The van der Waals surface area contributed by atoms with E-state index in [-0.39, 0.29) is 12.8 Å². The Hall–Kier alpha value is -3.21. The fraction of sp³-hybridized carbons (Fsp3) is 0.231. The molecule has 0 amide bonds. The summed E-state index contributed by atoms with van der Waals surface area (Å²) in [6.45, 7) is 0. The van der Waals surface area contributed by atoms with Crippen molar-refractivity contribution in [2.45, 2.75) is 35.2 Å². The number of rotatable bonds is 8. The Morgan fingerprint density at radius 2 is 1.14 bits per heavy atom. The van der Waals surface area contributed by atoms with Crippen LogP contribution in [-0.4, -0.2) is 19.9 Å². The largest absolute Gasteiger partial charge is 0.399 e. The molecular formula is C26H30N4O4S. The number of hydrogen-bond acceptors (Lipinski definition) is 8. The molecule has 0 radical (unpaired) electrons. The monoisotopic (exact) mass is 494 g/mol. The molecule has 4 unspecified atom stereocenters. The van der Waals surface area contributed by atoms with Crippen molar-refractivity contribution in [3.8, 4) is 0 Å². The van der Waals surface area contributed by atoms with Crippen LogP contribution in [0.2, 0.25) is 0 Å². The summed E-state index contributed by atoms with van der Waals surface area (Å²) in [5.41, 5.74) is 20.5. The average molecular weight is 495 g/mol. The van der Waals surface area contributed by atoms with Crippen LogP contribution in [0, 0.1) is 0 Å². The molecule has 0 saturated carbocycles. The molecule has 4 atom stereocenters. The molecule has 9 heteroatoms. The van der Waals surface area contributed by atoms with Crippen molar-refractivity contribution in [3.63, 3.8) is 0 Å². The van der Waals surface area contributed by atoms with Crippen molar-refractivity contribution in [1.82, 2.24) is 0 Å². The number of nitrogen functional groups attached to an aromatic ring is 2. The molecule has 2 aliphatic rings. The maximum Gasteiger partial charge on any atom is 0.212 e. The normalized spacial score (nSPS) is 25.4. The van der Waals surface area contributed by atoms with Crippen LogP contribution in [0.1, 0.15) is 34.8 Å². The Morgan fingerprint density at radius 3 is 1.49 bits per heavy atom. The minimum absolute atomic E-state index is 0.288. The van der Waals surface area contributed by atoms with Gasteiger partial charge in [-0.3, -0.25) is 11.5 Å². The molecule has 0 aliphatic heterocycles. The van der Waals surface area contributed by atoms with E-state index in [1.165, 1.54) is 0 Å². The zero-order valence-electron chi connectivity index (χ0n) is 19.2. The molecule has 0 bridgehead atoms. The first kappa shape index (κ1) is 24.9. The van der Waals surface area contributed by atoms with E-state index >= 15 is 0 Å². The van der Waals surface area contributed by atoms with Gasteiger partial charge >= 0.3 is 0 Å².